The minimum Gasteiger partial charge on any atom is -0.321 e. The van der Waals surface area contributed by atoms with Crippen LogP contribution in [-0.2, 0) is 19.6 Å². The third-order valence-corrected chi connectivity index (χ3v) is 7.16. The molecule has 0 unspecified atom stereocenters. The Hall–Kier alpha value is -5.02. The summed E-state index contributed by atoms with van der Waals surface area (Å²) in [7, 11) is 0. The molecule has 41 heavy (non-hydrogen) atoms. The minimum absolute atomic E-state index is 0.211. The van der Waals surface area contributed by atoms with Crippen molar-refractivity contribution in [2.45, 2.75) is 32.6 Å². The molecule has 0 radical (unpaired) electrons. The number of aromatic nitrogens is 6. The number of fused-ring (bicyclic) bond motifs is 1. The van der Waals surface area contributed by atoms with E-state index in [1.807, 2.05) is 67.7 Å². The number of hydrogen-bond donors (Lipinski definition) is 1. The molecule has 3 aromatic carbocycles. The highest BCUT2D eigenvalue weighted by Gasteiger charge is 2.31. The number of pyridine rings is 2. The van der Waals surface area contributed by atoms with Crippen molar-refractivity contribution in [2.75, 3.05) is 0 Å². The highest BCUT2D eigenvalue weighted by Crippen LogP contribution is 2.30. The fourth-order valence-electron chi connectivity index (χ4n) is 5.17. The molecule has 1 atom stereocenters. The number of tetrazole rings is 1. The van der Waals surface area contributed by atoms with Crippen LogP contribution in [-0.4, -0.2) is 35.1 Å². The van der Waals surface area contributed by atoms with Crippen molar-refractivity contribution in [1.29, 1.82) is 0 Å². The van der Waals surface area contributed by atoms with E-state index in [-0.39, 0.29) is 11.4 Å². The van der Waals surface area contributed by atoms with Crippen LogP contribution in [0.1, 0.15) is 39.7 Å². The Morgan fingerprint density at radius 3 is 2.46 bits per heavy atom. The zero-order valence-corrected chi connectivity index (χ0v) is 22.5. The molecule has 0 bridgehead atoms. The number of benzene rings is 3. The molecule has 0 aliphatic carbocycles. The van der Waals surface area contributed by atoms with Crippen LogP contribution in [0.2, 0.25) is 0 Å². The summed E-state index contributed by atoms with van der Waals surface area (Å²) in [4.78, 5) is 23.4. The summed E-state index contributed by atoms with van der Waals surface area (Å²) in [6.07, 6.45) is 3.56. The maximum Gasteiger partial charge on any atom is 0.253 e. The van der Waals surface area contributed by atoms with Gasteiger partial charge < -0.3 is 4.98 Å². The molecule has 0 amide bonds. The second-order valence-corrected chi connectivity index (χ2v) is 10.1. The quantitative estimate of drug-likeness (QED) is 0.269. The number of aryl methyl sites for hydroxylation is 1. The van der Waals surface area contributed by atoms with Crippen molar-refractivity contribution in [2.24, 2.45) is 0 Å². The lowest BCUT2D eigenvalue weighted by Gasteiger charge is -2.31. The monoisotopic (exact) mass is 545 g/mol. The van der Waals surface area contributed by atoms with Gasteiger partial charge >= 0.3 is 0 Å². The number of nitrogens with one attached hydrogen (secondary N) is 1. The van der Waals surface area contributed by atoms with E-state index in [1.54, 1.807) is 23.0 Å². The highest BCUT2D eigenvalue weighted by atomic mass is 19.1. The average molecular weight is 546 g/mol. The van der Waals surface area contributed by atoms with Crippen LogP contribution in [0.5, 0.6) is 0 Å². The lowest BCUT2D eigenvalue weighted by molar-refractivity contribution is 0.194. The zero-order valence-electron chi connectivity index (χ0n) is 22.5. The minimum atomic E-state index is -0.612. The summed E-state index contributed by atoms with van der Waals surface area (Å²) in [6, 6.07) is 27.5. The average Bonchev–Trinajstić information content (AvgIpc) is 3.44. The Bertz CT molecular complexity index is 1780. The summed E-state index contributed by atoms with van der Waals surface area (Å²) in [5, 5.41) is 13.7. The van der Waals surface area contributed by atoms with Gasteiger partial charge in [-0.1, -0.05) is 66.7 Å². The van der Waals surface area contributed by atoms with Crippen LogP contribution in [0.15, 0.2) is 108 Å². The number of hydrogen-bond acceptors (Lipinski definition) is 6. The Labute approximate surface area is 236 Å². The number of aromatic amines is 1. The third kappa shape index (κ3) is 5.80. The molecule has 6 aromatic rings. The number of nitrogens with zero attached hydrogens (tertiary/aromatic N) is 6. The summed E-state index contributed by atoms with van der Waals surface area (Å²) in [6.45, 7) is 3.30. The van der Waals surface area contributed by atoms with Crippen molar-refractivity contribution >= 4 is 10.9 Å². The van der Waals surface area contributed by atoms with E-state index >= 15 is 0 Å². The van der Waals surface area contributed by atoms with Crippen LogP contribution in [0.25, 0.3) is 10.9 Å². The van der Waals surface area contributed by atoms with E-state index in [9.17, 15) is 9.18 Å². The first-order valence-electron chi connectivity index (χ1n) is 13.3. The largest absolute Gasteiger partial charge is 0.321 e. The summed E-state index contributed by atoms with van der Waals surface area (Å²) in [5.41, 5.74) is 5.00. The number of para-hydroxylation sites is 1. The summed E-state index contributed by atoms with van der Waals surface area (Å²) in [5.74, 6) is 0.193. The molecule has 8 nitrogen and oxygen atoms in total. The molecule has 3 aromatic heterocycles. The van der Waals surface area contributed by atoms with E-state index in [4.69, 9.17) is 0 Å². The van der Waals surface area contributed by atoms with Gasteiger partial charge in [-0.25, -0.2) is 9.07 Å². The van der Waals surface area contributed by atoms with E-state index < -0.39 is 6.04 Å². The first-order chi connectivity index (χ1) is 20.0. The van der Waals surface area contributed by atoms with Gasteiger partial charge in [0.05, 0.1) is 12.1 Å². The van der Waals surface area contributed by atoms with Crippen LogP contribution in [0, 0.1) is 12.7 Å². The topological polar surface area (TPSA) is 92.6 Å². The van der Waals surface area contributed by atoms with E-state index in [1.165, 1.54) is 12.1 Å². The number of H-pyrrole nitrogens is 1. The number of rotatable bonds is 9. The fourth-order valence-corrected chi connectivity index (χ4v) is 5.17. The smallest absolute Gasteiger partial charge is 0.253 e. The van der Waals surface area contributed by atoms with Gasteiger partial charge in [0.2, 0.25) is 0 Å². The molecule has 0 aliphatic rings. The predicted molar refractivity (Wildman–Crippen MR) is 154 cm³/mol. The fraction of sp³-hybridized carbons (Fsp3) is 0.156. The summed E-state index contributed by atoms with van der Waals surface area (Å²) < 4.78 is 15.3. The van der Waals surface area contributed by atoms with Gasteiger partial charge in [0.1, 0.15) is 11.9 Å². The molecule has 0 saturated carbocycles. The Balaban J connectivity index is 1.52. The zero-order chi connectivity index (χ0) is 28.2. The molecule has 1 N–H and O–H groups in total. The van der Waals surface area contributed by atoms with Gasteiger partial charge in [-0.15, -0.1) is 5.10 Å². The van der Waals surface area contributed by atoms with Crippen molar-refractivity contribution in [1.82, 2.24) is 35.1 Å². The Morgan fingerprint density at radius 2 is 1.68 bits per heavy atom. The van der Waals surface area contributed by atoms with Gasteiger partial charge in [-0.3, -0.25) is 14.7 Å². The van der Waals surface area contributed by atoms with Crippen molar-refractivity contribution in [3.05, 3.63) is 153 Å². The lowest BCUT2D eigenvalue weighted by atomic mass is 10.0. The van der Waals surface area contributed by atoms with Crippen molar-refractivity contribution in [3.8, 4) is 0 Å². The predicted octanol–water partition coefficient (Wildman–Crippen LogP) is 5.20. The molecular formula is C32H28FN7O. The first-order valence-corrected chi connectivity index (χ1v) is 13.3. The highest BCUT2D eigenvalue weighted by molar-refractivity contribution is 5.82. The van der Waals surface area contributed by atoms with Gasteiger partial charge in [-0.2, -0.15) is 0 Å². The molecule has 0 fully saturated rings. The molecule has 9 heteroatoms. The van der Waals surface area contributed by atoms with E-state index in [2.05, 4.69) is 42.5 Å². The molecule has 0 aliphatic heterocycles. The SMILES string of the molecule is Cc1cccc2cc([C@H](c3nnnn3Cc3ccc(F)cc3)N(Cc3ccccc3)Cc3cccnc3)c(=O)[nH]c12. The third-order valence-electron chi connectivity index (χ3n) is 7.16. The second-order valence-electron chi connectivity index (χ2n) is 10.1. The van der Waals surface area contributed by atoms with Crippen LogP contribution >= 0.6 is 0 Å². The number of halogens is 1. The molecular weight excluding hydrogens is 517 g/mol. The van der Waals surface area contributed by atoms with Gasteiger partial charge in [0.25, 0.3) is 5.56 Å². The van der Waals surface area contributed by atoms with Crippen molar-refractivity contribution in [3.63, 3.8) is 0 Å². The summed E-state index contributed by atoms with van der Waals surface area (Å²) >= 11 is 0. The van der Waals surface area contributed by atoms with Crippen molar-refractivity contribution < 1.29 is 4.39 Å². The maximum absolute atomic E-state index is 13.8. The molecule has 204 valence electrons. The van der Waals surface area contributed by atoms with Crippen LogP contribution in [0.4, 0.5) is 4.39 Å². The molecule has 3 heterocycles. The second kappa shape index (κ2) is 11.6. The normalized spacial score (nSPS) is 12.2. The standard InChI is InChI=1S/C32H28FN7O/c1-22-7-5-11-26-17-28(32(41)35-29(22)26)30(31-36-37-38-40(31)21-24-12-14-27(33)15-13-24)39(19-23-8-3-2-4-9-23)20-25-10-6-16-34-18-25/h2-18,30H,19-21H2,1H3,(H,35,41)/t30-/m1/s1. The Morgan fingerprint density at radius 1 is 0.902 bits per heavy atom. The molecule has 0 spiro atoms. The maximum atomic E-state index is 13.8. The van der Waals surface area contributed by atoms with Crippen LogP contribution < -0.4 is 5.56 Å². The van der Waals surface area contributed by atoms with E-state index in [0.29, 0.717) is 31.0 Å². The van der Waals surface area contributed by atoms with Gasteiger partial charge in [-0.05, 0) is 69.3 Å². The molecule has 6 rings (SSSR count). The van der Waals surface area contributed by atoms with Crippen LogP contribution in [0.3, 0.4) is 0 Å². The van der Waals surface area contributed by atoms with E-state index in [0.717, 1.165) is 33.2 Å². The Kier molecular flexibility index (Phi) is 7.42. The lowest BCUT2D eigenvalue weighted by Crippen LogP contribution is -2.35. The first kappa shape index (κ1) is 26.2. The molecule has 0 saturated heterocycles. The van der Waals surface area contributed by atoms with Gasteiger partial charge in [0, 0.05) is 31.0 Å². The van der Waals surface area contributed by atoms with Gasteiger partial charge in [0.15, 0.2) is 5.82 Å².